The van der Waals surface area contributed by atoms with Gasteiger partial charge in [0.05, 0.1) is 11.4 Å². The average Bonchev–Trinajstić information content (AvgIpc) is 3.28. The number of amides is 1. The van der Waals surface area contributed by atoms with Crippen molar-refractivity contribution in [1.82, 2.24) is 29.4 Å². The Labute approximate surface area is 160 Å². The maximum Gasteiger partial charge on any atom is 0.264 e. The molecule has 5 rings (SSSR count). The van der Waals surface area contributed by atoms with Gasteiger partial charge in [-0.3, -0.25) is 14.0 Å². The zero-order chi connectivity index (χ0) is 18.7. The summed E-state index contributed by atoms with van der Waals surface area (Å²) in [5, 5.41) is 16.1. The van der Waals surface area contributed by atoms with Gasteiger partial charge in [0, 0.05) is 35.5 Å². The first kappa shape index (κ1) is 16.2. The van der Waals surface area contributed by atoms with E-state index in [4.69, 9.17) is 11.6 Å². The van der Waals surface area contributed by atoms with E-state index < -0.39 is 0 Å². The van der Waals surface area contributed by atoms with E-state index in [1.54, 1.807) is 6.07 Å². The summed E-state index contributed by atoms with van der Waals surface area (Å²) in [6.45, 7) is 1.87. The van der Waals surface area contributed by atoms with E-state index in [9.17, 15) is 9.59 Å². The molecule has 1 unspecified atom stereocenters. The van der Waals surface area contributed by atoms with Gasteiger partial charge in [-0.05, 0) is 13.0 Å². The topological polar surface area (TPSA) is 110 Å². The summed E-state index contributed by atoms with van der Waals surface area (Å²) in [6, 6.07) is 2.90. The number of aromatic amines is 1. The lowest BCUT2D eigenvalue weighted by Crippen LogP contribution is -2.26. The zero-order valence-corrected chi connectivity index (χ0v) is 15.5. The summed E-state index contributed by atoms with van der Waals surface area (Å²) in [7, 11) is 0. The molecule has 1 aliphatic heterocycles. The van der Waals surface area contributed by atoms with Crippen LogP contribution in [0.5, 0.6) is 0 Å². The molecule has 5 heterocycles. The Morgan fingerprint density at radius 1 is 1.33 bits per heavy atom. The van der Waals surface area contributed by atoms with Crippen LogP contribution in [0.1, 0.15) is 29.3 Å². The third-order valence-electron chi connectivity index (χ3n) is 4.57. The van der Waals surface area contributed by atoms with Crippen LogP contribution in [0.25, 0.3) is 10.8 Å². The van der Waals surface area contributed by atoms with E-state index in [2.05, 4.69) is 25.6 Å². The number of carbonyl (C=O) groups is 1. The second kappa shape index (κ2) is 5.76. The SMILES string of the molecule is Cc1nn(-c2ccc(=O)[nH]n2)c2c1C(c1c(Cl)nc3sccn13)CC(=O)N2. The van der Waals surface area contributed by atoms with Crippen molar-refractivity contribution in [3.63, 3.8) is 0 Å². The van der Waals surface area contributed by atoms with Crippen molar-refractivity contribution in [2.45, 2.75) is 19.3 Å². The first-order valence-corrected chi connectivity index (χ1v) is 9.35. The van der Waals surface area contributed by atoms with Crippen LogP contribution in [0.4, 0.5) is 5.82 Å². The van der Waals surface area contributed by atoms with Gasteiger partial charge in [0.1, 0.15) is 5.82 Å². The summed E-state index contributed by atoms with van der Waals surface area (Å²) in [4.78, 5) is 28.9. The predicted octanol–water partition coefficient (Wildman–Crippen LogP) is 2.10. The van der Waals surface area contributed by atoms with Crippen molar-refractivity contribution < 1.29 is 4.79 Å². The first-order valence-electron chi connectivity index (χ1n) is 8.09. The van der Waals surface area contributed by atoms with Crippen LogP contribution in [0.3, 0.4) is 0 Å². The largest absolute Gasteiger partial charge is 0.310 e. The maximum atomic E-state index is 12.5. The van der Waals surface area contributed by atoms with Gasteiger partial charge in [-0.2, -0.15) is 14.9 Å². The summed E-state index contributed by atoms with van der Waals surface area (Å²) >= 11 is 7.89. The van der Waals surface area contributed by atoms with Gasteiger partial charge >= 0.3 is 0 Å². The molecule has 4 aromatic rings. The number of fused-ring (bicyclic) bond motifs is 2. The normalized spacial score (nSPS) is 16.5. The molecule has 2 N–H and O–H groups in total. The Hall–Kier alpha value is -2.98. The van der Waals surface area contributed by atoms with Crippen molar-refractivity contribution >= 4 is 39.6 Å². The molecule has 27 heavy (non-hydrogen) atoms. The van der Waals surface area contributed by atoms with Crippen molar-refractivity contribution in [1.29, 1.82) is 0 Å². The number of carbonyl (C=O) groups excluding carboxylic acids is 1. The summed E-state index contributed by atoms with van der Waals surface area (Å²) in [5.74, 6) is 0.483. The monoisotopic (exact) mass is 401 g/mol. The Morgan fingerprint density at radius 3 is 2.96 bits per heavy atom. The molecule has 0 saturated heterocycles. The van der Waals surface area contributed by atoms with Crippen LogP contribution in [-0.4, -0.2) is 35.3 Å². The summed E-state index contributed by atoms with van der Waals surface area (Å²) < 4.78 is 3.43. The van der Waals surface area contributed by atoms with Crippen molar-refractivity contribution in [3.05, 3.63) is 56.2 Å². The van der Waals surface area contributed by atoms with E-state index in [1.807, 2.05) is 22.9 Å². The lowest BCUT2D eigenvalue weighted by molar-refractivity contribution is -0.116. The van der Waals surface area contributed by atoms with Gasteiger partial charge in [0.15, 0.2) is 15.9 Å². The number of nitrogens with one attached hydrogen (secondary N) is 2. The van der Waals surface area contributed by atoms with E-state index >= 15 is 0 Å². The second-order valence-electron chi connectivity index (χ2n) is 6.19. The third-order valence-corrected chi connectivity index (χ3v) is 5.60. The number of hydrogen-bond donors (Lipinski definition) is 2. The molecule has 1 amide bonds. The van der Waals surface area contributed by atoms with E-state index in [0.29, 0.717) is 16.8 Å². The van der Waals surface area contributed by atoms with Crippen LogP contribution in [0.15, 0.2) is 28.5 Å². The summed E-state index contributed by atoms with van der Waals surface area (Å²) in [6.07, 6.45) is 2.13. The fourth-order valence-corrected chi connectivity index (χ4v) is 4.56. The molecule has 1 atom stereocenters. The van der Waals surface area contributed by atoms with E-state index in [-0.39, 0.29) is 23.8 Å². The Kier molecular flexibility index (Phi) is 3.46. The molecular weight excluding hydrogens is 390 g/mol. The van der Waals surface area contributed by atoms with Crippen molar-refractivity contribution in [2.24, 2.45) is 0 Å². The number of H-pyrrole nitrogens is 1. The molecule has 0 aromatic carbocycles. The minimum absolute atomic E-state index is 0.153. The molecule has 0 aliphatic carbocycles. The molecule has 4 aromatic heterocycles. The second-order valence-corrected chi connectivity index (χ2v) is 7.42. The van der Waals surface area contributed by atoms with Crippen LogP contribution in [0.2, 0.25) is 5.15 Å². The van der Waals surface area contributed by atoms with Gasteiger partial charge in [-0.25, -0.2) is 10.1 Å². The molecule has 0 spiro atoms. The number of anilines is 1. The highest BCUT2D eigenvalue weighted by Gasteiger charge is 2.36. The minimum atomic E-state index is -0.315. The molecule has 11 heteroatoms. The Bertz CT molecular complexity index is 1250. The Morgan fingerprint density at radius 2 is 2.19 bits per heavy atom. The molecule has 0 bridgehead atoms. The van der Waals surface area contributed by atoms with Crippen molar-refractivity contribution in [3.8, 4) is 5.82 Å². The third kappa shape index (κ3) is 2.41. The highest BCUT2D eigenvalue weighted by Crippen LogP contribution is 2.42. The number of rotatable bonds is 2. The molecule has 1 aliphatic rings. The van der Waals surface area contributed by atoms with E-state index in [1.165, 1.54) is 22.1 Å². The molecule has 0 fully saturated rings. The molecular formula is C16H12ClN7O2S. The molecule has 0 saturated carbocycles. The van der Waals surface area contributed by atoms with Crippen molar-refractivity contribution in [2.75, 3.05) is 5.32 Å². The number of aryl methyl sites for hydroxylation is 1. The fourth-order valence-electron chi connectivity index (χ4n) is 3.49. The first-order chi connectivity index (χ1) is 13.0. The number of nitrogens with zero attached hydrogens (tertiary/aromatic N) is 5. The number of halogens is 1. The number of hydrogen-bond acceptors (Lipinski definition) is 6. The predicted molar refractivity (Wildman–Crippen MR) is 99.9 cm³/mol. The van der Waals surface area contributed by atoms with Gasteiger partial charge in [0.25, 0.3) is 5.56 Å². The van der Waals surface area contributed by atoms with Gasteiger partial charge < -0.3 is 5.32 Å². The molecule has 9 nitrogen and oxygen atoms in total. The zero-order valence-electron chi connectivity index (χ0n) is 13.9. The lowest BCUT2D eigenvalue weighted by atomic mass is 9.89. The number of imidazole rings is 1. The fraction of sp³-hybridized carbons (Fsp3) is 0.188. The highest BCUT2D eigenvalue weighted by atomic mass is 35.5. The van der Waals surface area contributed by atoms with Gasteiger partial charge in [-0.15, -0.1) is 11.3 Å². The highest BCUT2D eigenvalue weighted by molar-refractivity contribution is 7.15. The smallest absolute Gasteiger partial charge is 0.264 e. The van der Waals surface area contributed by atoms with Crippen LogP contribution < -0.4 is 10.9 Å². The van der Waals surface area contributed by atoms with E-state index in [0.717, 1.165) is 21.9 Å². The van der Waals surface area contributed by atoms with Gasteiger partial charge in [-0.1, -0.05) is 11.6 Å². The standard InChI is InChI=1S/C16H12ClN7O2S/c1-7-12-8(13-14(17)19-16-23(13)4-5-27-16)6-11(26)18-15(12)24(22-7)9-2-3-10(25)21-20-9/h2-5,8H,6H2,1H3,(H,18,26)(H,21,25). The average molecular weight is 402 g/mol. The minimum Gasteiger partial charge on any atom is -0.310 e. The number of aromatic nitrogens is 6. The van der Waals surface area contributed by atoms with Crippen LogP contribution in [0, 0.1) is 6.92 Å². The quantitative estimate of drug-likeness (QED) is 0.534. The van der Waals surface area contributed by atoms with Gasteiger partial charge in [0.2, 0.25) is 5.91 Å². The molecule has 0 radical (unpaired) electrons. The Balaban J connectivity index is 1.74. The van der Waals surface area contributed by atoms with Crippen LogP contribution in [-0.2, 0) is 4.79 Å². The van der Waals surface area contributed by atoms with Crippen LogP contribution >= 0.6 is 22.9 Å². The lowest BCUT2D eigenvalue weighted by Gasteiger charge is -2.23. The maximum absolute atomic E-state index is 12.5. The number of thiazole rings is 1. The summed E-state index contributed by atoms with van der Waals surface area (Å²) in [5.41, 5.74) is 2.05. The molecule has 136 valence electrons.